The van der Waals surface area contributed by atoms with Crippen molar-refractivity contribution < 1.29 is 19.1 Å². The van der Waals surface area contributed by atoms with Gasteiger partial charge in [-0.05, 0) is 50.4 Å². The van der Waals surface area contributed by atoms with Crippen LogP contribution in [0.5, 0.6) is 0 Å². The third-order valence-electron chi connectivity index (χ3n) is 11.1. The highest BCUT2D eigenvalue weighted by molar-refractivity contribution is 5.69. The molecule has 0 fully saturated rings. The van der Waals surface area contributed by atoms with Crippen LogP contribution in [0.3, 0.4) is 0 Å². The average molecular weight is 721 g/mol. The highest BCUT2D eigenvalue weighted by atomic mass is 16.5. The van der Waals surface area contributed by atoms with Crippen LogP contribution < -0.4 is 0 Å². The quantitative estimate of drug-likeness (QED) is 0.0465. The van der Waals surface area contributed by atoms with E-state index >= 15 is 0 Å². The third-order valence-corrected chi connectivity index (χ3v) is 11.1. The van der Waals surface area contributed by atoms with E-state index in [0.717, 1.165) is 25.7 Å². The number of ether oxygens (including phenoxy) is 2. The molecule has 0 aliphatic heterocycles. The summed E-state index contributed by atoms with van der Waals surface area (Å²) in [5, 5.41) is 0. The summed E-state index contributed by atoms with van der Waals surface area (Å²) in [6.45, 7) is 10.4. The van der Waals surface area contributed by atoms with Crippen molar-refractivity contribution in [3.05, 3.63) is 0 Å². The van der Waals surface area contributed by atoms with Gasteiger partial charge < -0.3 is 9.47 Å². The van der Waals surface area contributed by atoms with Gasteiger partial charge in [0.1, 0.15) is 0 Å². The van der Waals surface area contributed by atoms with Crippen LogP contribution in [0.15, 0.2) is 0 Å². The lowest BCUT2D eigenvalue weighted by atomic mass is 9.95. The van der Waals surface area contributed by atoms with Crippen LogP contribution >= 0.6 is 0 Å². The van der Waals surface area contributed by atoms with Gasteiger partial charge in [-0.2, -0.15) is 0 Å². The molecule has 0 aliphatic rings. The van der Waals surface area contributed by atoms with Gasteiger partial charge in [0, 0.05) is 12.8 Å². The Balaban J connectivity index is 3.85. The molecule has 4 nitrogen and oxygen atoms in total. The molecular formula is C47H92O4. The predicted octanol–water partition coefficient (Wildman–Crippen LogP) is 15.8. The molecule has 0 aromatic rings. The highest BCUT2D eigenvalue weighted by Gasteiger charge is 2.14. The Labute approximate surface area is 320 Å². The van der Waals surface area contributed by atoms with Gasteiger partial charge in [0.2, 0.25) is 0 Å². The lowest BCUT2D eigenvalue weighted by Crippen LogP contribution is -2.14. The van der Waals surface area contributed by atoms with Gasteiger partial charge in [-0.15, -0.1) is 0 Å². The molecule has 0 amide bonds. The number of unbranched alkanes of at least 4 members (excludes halogenated alkanes) is 26. The smallest absolute Gasteiger partial charge is 0.305 e. The van der Waals surface area contributed by atoms with Crippen LogP contribution in [0.2, 0.25) is 0 Å². The molecule has 0 aromatic carbocycles. The van der Waals surface area contributed by atoms with E-state index < -0.39 is 0 Å². The zero-order valence-corrected chi connectivity index (χ0v) is 35.4. The second-order valence-electron chi connectivity index (χ2n) is 16.3. The van der Waals surface area contributed by atoms with Crippen LogP contribution in [-0.2, 0) is 19.1 Å². The summed E-state index contributed by atoms with van der Waals surface area (Å²) in [6.07, 6.45) is 45.6. The second kappa shape index (κ2) is 41.7. The van der Waals surface area contributed by atoms with Crippen LogP contribution in [0.1, 0.15) is 265 Å². The SMILES string of the molecule is CCCCCCCC(CCCCCCC)COC(=O)CCCCCCCCCCCCCC(=O)OCC(CCCCCCC)CCCCCCC. The van der Waals surface area contributed by atoms with E-state index in [-0.39, 0.29) is 11.9 Å². The van der Waals surface area contributed by atoms with Crippen molar-refractivity contribution in [1.82, 2.24) is 0 Å². The van der Waals surface area contributed by atoms with E-state index in [4.69, 9.17) is 9.47 Å². The summed E-state index contributed by atoms with van der Waals surface area (Å²) in [7, 11) is 0. The fourth-order valence-corrected chi connectivity index (χ4v) is 7.46. The average Bonchev–Trinajstić information content (AvgIpc) is 3.13. The molecule has 4 heteroatoms. The minimum atomic E-state index is 0.0238. The van der Waals surface area contributed by atoms with E-state index in [0.29, 0.717) is 37.9 Å². The van der Waals surface area contributed by atoms with Gasteiger partial charge in [0.25, 0.3) is 0 Å². The first kappa shape index (κ1) is 49.9. The second-order valence-corrected chi connectivity index (χ2v) is 16.3. The van der Waals surface area contributed by atoms with Crippen LogP contribution in [0.25, 0.3) is 0 Å². The van der Waals surface area contributed by atoms with Gasteiger partial charge >= 0.3 is 11.9 Å². The molecule has 0 aliphatic carbocycles. The molecule has 0 unspecified atom stereocenters. The van der Waals surface area contributed by atoms with E-state index in [1.165, 1.54) is 199 Å². The Morgan fingerprint density at radius 2 is 0.529 bits per heavy atom. The Kier molecular flexibility index (Phi) is 40.8. The fourth-order valence-electron chi connectivity index (χ4n) is 7.46. The molecule has 0 atom stereocenters. The van der Waals surface area contributed by atoms with Gasteiger partial charge in [-0.25, -0.2) is 0 Å². The number of esters is 2. The van der Waals surface area contributed by atoms with Crippen LogP contribution in [0.4, 0.5) is 0 Å². The molecule has 0 spiro atoms. The van der Waals surface area contributed by atoms with Crippen LogP contribution in [0, 0.1) is 11.8 Å². The highest BCUT2D eigenvalue weighted by Crippen LogP contribution is 2.22. The molecule has 0 aromatic heterocycles. The van der Waals surface area contributed by atoms with Gasteiger partial charge in [0.05, 0.1) is 13.2 Å². The maximum Gasteiger partial charge on any atom is 0.305 e. The normalized spacial score (nSPS) is 11.6. The molecule has 0 N–H and O–H groups in total. The molecule has 304 valence electrons. The van der Waals surface area contributed by atoms with E-state index in [2.05, 4.69) is 27.7 Å². The maximum absolute atomic E-state index is 12.4. The largest absolute Gasteiger partial charge is 0.465 e. The summed E-state index contributed by atoms with van der Waals surface area (Å²) in [5.41, 5.74) is 0. The zero-order valence-electron chi connectivity index (χ0n) is 35.4. The standard InChI is InChI=1S/C47H92O4/c1-5-9-13-24-30-36-44(37-31-25-14-10-6-2)42-50-46(48)40-34-28-22-20-18-17-19-21-23-29-35-41-47(49)51-43-45(38-32-26-15-11-7-3)39-33-27-16-12-8-4/h44-45H,5-43H2,1-4H3. The van der Waals surface area contributed by atoms with Crippen molar-refractivity contribution in [2.75, 3.05) is 13.2 Å². The van der Waals surface area contributed by atoms with Gasteiger partial charge in [-0.1, -0.05) is 214 Å². The van der Waals surface area contributed by atoms with Crippen molar-refractivity contribution in [3.8, 4) is 0 Å². The first-order valence-corrected chi connectivity index (χ1v) is 23.4. The Morgan fingerprint density at radius 1 is 0.314 bits per heavy atom. The first-order chi connectivity index (χ1) is 25.1. The number of hydrogen-bond donors (Lipinski definition) is 0. The molecule has 0 radical (unpaired) electrons. The zero-order chi connectivity index (χ0) is 37.3. The molecule has 0 saturated heterocycles. The molecule has 0 rings (SSSR count). The minimum Gasteiger partial charge on any atom is -0.465 e. The summed E-state index contributed by atoms with van der Waals surface area (Å²) in [6, 6.07) is 0. The monoisotopic (exact) mass is 721 g/mol. The number of rotatable bonds is 42. The summed E-state index contributed by atoms with van der Waals surface area (Å²) in [4.78, 5) is 24.9. The lowest BCUT2D eigenvalue weighted by Gasteiger charge is -2.17. The predicted molar refractivity (Wildman–Crippen MR) is 222 cm³/mol. The maximum atomic E-state index is 12.4. The lowest BCUT2D eigenvalue weighted by molar-refractivity contribution is -0.146. The van der Waals surface area contributed by atoms with Crippen molar-refractivity contribution >= 4 is 11.9 Å². The minimum absolute atomic E-state index is 0.0238. The van der Waals surface area contributed by atoms with Gasteiger partial charge in [0.15, 0.2) is 0 Å². The number of hydrogen-bond acceptors (Lipinski definition) is 4. The first-order valence-electron chi connectivity index (χ1n) is 23.4. The number of carbonyl (C=O) groups is 2. The summed E-state index contributed by atoms with van der Waals surface area (Å²) >= 11 is 0. The molecular weight excluding hydrogens is 629 g/mol. The third kappa shape index (κ3) is 38.5. The molecule has 51 heavy (non-hydrogen) atoms. The Bertz CT molecular complexity index is 620. The van der Waals surface area contributed by atoms with E-state index in [1.54, 1.807) is 0 Å². The fraction of sp³-hybridized carbons (Fsp3) is 0.957. The van der Waals surface area contributed by atoms with Crippen molar-refractivity contribution in [3.63, 3.8) is 0 Å². The summed E-state index contributed by atoms with van der Waals surface area (Å²) < 4.78 is 11.6. The number of carbonyl (C=O) groups excluding carboxylic acids is 2. The van der Waals surface area contributed by atoms with E-state index in [1.807, 2.05) is 0 Å². The topological polar surface area (TPSA) is 52.6 Å². The Morgan fingerprint density at radius 3 is 0.784 bits per heavy atom. The summed E-state index contributed by atoms with van der Waals surface area (Å²) in [5.74, 6) is 1.16. The van der Waals surface area contributed by atoms with Crippen molar-refractivity contribution in [2.24, 2.45) is 11.8 Å². The van der Waals surface area contributed by atoms with Crippen LogP contribution in [-0.4, -0.2) is 25.2 Å². The van der Waals surface area contributed by atoms with Crippen molar-refractivity contribution in [1.29, 1.82) is 0 Å². The molecule has 0 saturated carbocycles. The molecule has 0 bridgehead atoms. The van der Waals surface area contributed by atoms with E-state index in [9.17, 15) is 9.59 Å². The van der Waals surface area contributed by atoms with Gasteiger partial charge in [-0.3, -0.25) is 9.59 Å². The van der Waals surface area contributed by atoms with Crippen molar-refractivity contribution in [2.45, 2.75) is 265 Å². The Hall–Kier alpha value is -1.06. The molecule has 0 heterocycles.